The summed E-state index contributed by atoms with van der Waals surface area (Å²) in [7, 11) is 3.97. The minimum absolute atomic E-state index is 0.0657. The van der Waals surface area contributed by atoms with Gasteiger partial charge < -0.3 is 14.7 Å². The lowest BCUT2D eigenvalue weighted by atomic mass is 10.1. The maximum atomic E-state index is 12.7. The van der Waals surface area contributed by atoms with Crippen molar-refractivity contribution in [1.29, 1.82) is 0 Å². The monoisotopic (exact) mass is 287 g/mol. The van der Waals surface area contributed by atoms with Gasteiger partial charge in [-0.15, -0.1) is 0 Å². The van der Waals surface area contributed by atoms with Gasteiger partial charge in [0, 0.05) is 45.0 Å². The molecule has 0 saturated carbocycles. The number of nitrogens with zero attached hydrogens (tertiary/aromatic N) is 3. The Morgan fingerprint density at radius 2 is 1.81 bits per heavy atom. The summed E-state index contributed by atoms with van der Waals surface area (Å²) in [6.07, 6.45) is 2.13. The molecule has 3 rings (SSSR count). The van der Waals surface area contributed by atoms with Gasteiger partial charge in [0.2, 0.25) is 11.8 Å². The first kappa shape index (κ1) is 13.9. The molecule has 0 N–H and O–H groups in total. The lowest BCUT2D eigenvalue weighted by Gasteiger charge is -2.25. The predicted molar refractivity (Wildman–Crippen MR) is 82.5 cm³/mol. The summed E-state index contributed by atoms with van der Waals surface area (Å²) in [4.78, 5) is 30.4. The molecule has 1 aromatic carbocycles. The fraction of sp³-hybridized carbons (Fsp3) is 0.500. The van der Waals surface area contributed by atoms with E-state index in [4.69, 9.17) is 0 Å². The van der Waals surface area contributed by atoms with Crippen molar-refractivity contribution in [3.8, 4) is 0 Å². The minimum Gasteiger partial charge on any atom is -0.378 e. The maximum Gasteiger partial charge on any atom is 0.249 e. The fourth-order valence-corrected chi connectivity index (χ4v) is 3.15. The molecular weight excluding hydrogens is 266 g/mol. The summed E-state index contributed by atoms with van der Waals surface area (Å²) in [6, 6.07) is 7.67. The lowest BCUT2D eigenvalue weighted by molar-refractivity contribution is -0.135. The molecule has 2 amide bonds. The van der Waals surface area contributed by atoms with Crippen LogP contribution in [0.2, 0.25) is 0 Å². The highest BCUT2D eigenvalue weighted by Crippen LogP contribution is 2.27. The lowest BCUT2D eigenvalue weighted by Crippen LogP contribution is -2.43. The Morgan fingerprint density at radius 1 is 1.10 bits per heavy atom. The Morgan fingerprint density at radius 3 is 2.48 bits per heavy atom. The van der Waals surface area contributed by atoms with Gasteiger partial charge in [0.1, 0.15) is 6.04 Å². The van der Waals surface area contributed by atoms with E-state index in [1.54, 1.807) is 9.80 Å². The average Bonchev–Trinajstić information content (AvgIpc) is 2.93. The number of fused-ring (bicyclic) bond motifs is 1. The second-order valence-corrected chi connectivity index (χ2v) is 5.90. The number of amides is 2. The predicted octanol–water partition coefficient (Wildman–Crippen LogP) is 1.48. The molecular formula is C16H21N3O2. The molecule has 2 saturated heterocycles. The Balaban J connectivity index is 1.87. The van der Waals surface area contributed by atoms with Crippen LogP contribution in [0.5, 0.6) is 0 Å². The third-order valence-electron chi connectivity index (χ3n) is 4.35. The molecule has 2 aliphatic heterocycles. The van der Waals surface area contributed by atoms with Gasteiger partial charge in [-0.1, -0.05) is 0 Å². The van der Waals surface area contributed by atoms with Crippen LogP contribution < -0.4 is 9.80 Å². The van der Waals surface area contributed by atoms with Gasteiger partial charge in [-0.2, -0.15) is 0 Å². The van der Waals surface area contributed by atoms with Gasteiger partial charge in [0.25, 0.3) is 0 Å². The molecule has 2 aliphatic rings. The van der Waals surface area contributed by atoms with Crippen molar-refractivity contribution in [3.05, 3.63) is 24.3 Å². The Kier molecular flexibility index (Phi) is 3.57. The summed E-state index contributed by atoms with van der Waals surface area (Å²) >= 11 is 0. The van der Waals surface area contributed by atoms with Crippen LogP contribution in [0.25, 0.3) is 0 Å². The summed E-state index contributed by atoms with van der Waals surface area (Å²) in [5.41, 5.74) is 1.98. The van der Waals surface area contributed by atoms with E-state index in [1.165, 1.54) is 0 Å². The summed E-state index contributed by atoms with van der Waals surface area (Å²) in [5.74, 6) is 0.175. The topological polar surface area (TPSA) is 43.9 Å². The Hall–Kier alpha value is -2.04. The van der Waals surface area contributed by atoms with Crippen LogP contribution in [0, 0.1) is 0 Å². The molecule has 0 aromatic heterocycles. The number of carbonyl (C=O) groups is 2. The molecule has 5 heteroatoms. The smallest absolute Gasteiger partial charge is 0.249 e. The molecule has 0 spiro atoms. The zero-order valence-electron chi connectivity index (χ0n) is 12.6. The second-order valence-electron chi connectivity index (χ2n) is 5.90. The molecule has 1 atom stereocenters. The van der Waals surface area contributed by atoms with Crippen molar-refractivity contribution in [2.75, 3.05) is 37.0 Å². The SMILES string of the molecule is CN(C)c1ccc(N2CCC(=O)N3CCCC3C2=O)cc1. The van der Waals surface area contributed by atoms with Crippen molar-refractivity contribution in [2.24, 2.45) is 0 Å². The maximum absolute atomic E-state index is 12.7. The molecule has 2 fully saturated rings. The quantitative estimate of drug-likeness (QED) is 0.827. The fourth-order valence-electron chi connectivity index (χ4n) is 3.15. The molecule has 0 radical (unpaired) electrons. The van der Waals surface area contributed by atoms with Crippen molar-refractivity contribution in [3.63, 3.8) is 0 Å². The molecule has 0 bridgehead atoms. The van der Waals surface area contributed by atoms with Crippen LogP contribution in [0.1, 0.15) is 19.3 Å². The Labute approximate surface area is 125 Å². The van der Waals surface area contributed by atoms with E-state index in [0.717, 1.165) is 30.8 Å². The molecule has 5 nitrogen and oxygen atoms in total. The molecule has 2 heterocycles. The molecule has 112 valence electrons. The first-order chi connectivity index (χ1) is 10.1. The first-order valence-electron chi connectivity index (χ1n) is 7.46. The Bertz CT molecular complexity index is 553. The minimum atomic E-state index is -0.256. The van der Waals surface area contributed by atoms with Crippen LogP contribution in [0.4, 0.5) is 11.4 Å². The van der Waals surface area contributed by atoms with E-state index in [1.807, 2.05) is 43.3 Å². The van der Waals surface area contributed by atoms with Crippen LogP contribution in [0.3, 0.4) is 0 Å². The normalized spacial score (nSPS) is 22.3. The molecule has 1 unspecified atom stereocenters. The van der Waals surface area contributed by atoms with Gasteiger partial charge in [0.15, 0.2) is 0 Å². The van der Waals surface area contributed by atoms with Crippen molar-refractivity contribution < 1.29 is 9.59 Å². The largest absolute Gasteiger partial charge is 0.378 e. The third kappa shape index (κ3) is 2.48. The van der Waals surface area contributed by atoms with E-state index in [2.05, 4.69) is 0 Å². The second kappa shape index (κ2) is 5.39. The van der Waals surface area contributed by atoms with Gasteiger partial charge in [0.05, 0.1) is 0 Å². The van der Waals surface area contributed by atoms with Gasteiger partial charge in [-0.25, -0.2) is 0 Å². The van der Waals surface area contributed by atoms with Crippen molar-refractivity contribution in [1.82, 2.24) is 4.90 Å². The number of hydrogen-bond donors (Lipinski definition) is 0. The number of anilines is 2. The van der Waals surface area contributed by atoms with Crippen LogP contribution in [0.15, 0.2) is 24.3 Å². The highest BCUT2D eigenvalue weighted by Gasteiger charge is 2.39. The van der Waals surface area contributed by atoms with E-state index in [-0.39, 0.29) is 17.9 Å². The number of carbonyl (C=O) groups excluding carboxylic acids is 2. The van der Waals surface area contributed by atoms with Gasteiger partial charge in [-0.3, -0.25) is 9.59 Å². The van der Waals surface area contributed by atoms with Crippen molar-refractivity contribution >= 4 is 23.2 Å². The van der Waals surface area contributed by atoms with E-state index in [9.17, 15) is 9.59 Å². The summed E-state index contributed by atoms with van der Waals surface area (Å²) in [6.45, 7) is 1.20. The number of rotatable bonds is 2. The zero-order valence-corrected chi connectivity index (χ0v) is 12.6. The standard InChI is InChI=1S/C16H21N3O2/c1-17(2)12-5-7-13(8-6-12)18-11-9-15(20)19-10-3-4-14(19)16(18)21/h5-8,14H,3-4,9-11H2,1-2H3. The number of hydrogen-bond acceptors (Lipinski definition) is 3. The zero-order chi connectivity index (χ0) is 15.0. The van der Waals surface area contributed by atoms with Crippen LogP contribution in [-0.4, -0.2) is 49.9 Å². The summed E-state index contributed by atoms with van der Waals surface area (Å²) < 4.78 is 0. The van der Waals surface area contributed by atoms with E-state index in [0.29, 0.717) is 13.0 Å². The summed E-state index contributed by atoms with van der Waals surface area (Å²) in [5, 5.41) is 0. The van der Waals surface area contributed by atoms with Gasteiger partial charge in [-0.05, 0) is 37.1 Å². The van der Waals surface area contributed by atoms with Crippen LogP contribution in [-0.2, 0) is 9.59 Å². The van der Waals surface area contributed by atoms with Crippen LogP contribution >= 0.6 is 0 Å². The highest BCUT2D eigenvalue weighted by atomic mass is 16.2. The first-order valence-corrected chi connectivity index (χ1v) is 7.46. The molecule has 1 aromatic rings. The van der Waals surface area contributed by atoms with Gasteiger partial charge >= 0.3 is 0 Å². The molecule has 21 heavy (non-hydrogen) atoms. The van der Waals surface area contributed by atoms with Crippen molar-refractivity contribution in [2.45, 2.75) is 25.3 Å². The average molecular weight is 287 g/mol. The number of benzene rings is 1. The van der Waals surface area contributed by atoms with E-state index >= 15 is 0 Å². The van der Waals surface area contributed by atoms with E-state index < -0.39 is 0 Å². The molecule has 0 aliphatic carbocycles. The highest BCUT2D eigenvalue weighted by molar-refractivity contribution is 6.01. The third-order valence-corrected chi connectivity index (χ3v) is 4.35.